The third-order valence-electron chi connectivity index (χ3n) is 2.99. The van der Waals surface area contributed by atoms with Crippen LogP contribution >= 0.6 is 0 Å². The molecule has 1 fully saturated rings. The minimum atomic E-state index is -0.577. The first kappa shape index (κ1) is 14.5. The second-order valence-corrected chi connectivity index (χ2v) is 4.61. The van der Waals surface area contributed by atoms with Gasteiger partial charge < -0.3 is 10.1 Å². The van der Waals surface area contributed by atoms with Gasteiger partial charge in [0.05, 0.1) is 12.0 Å². The molecule has 2 rings (SSSR count). The first-order chi connectivity index (χ1) is 10.0. The molecule has 0 radical (unpaired) electrons. The fraction of sp³-hybridized carbons (Fsp3) is 0.286. The lowest BCUT2D eigenvalue weighted by Crippen LogP contribution is -2.26. The molecule has 0 spiro atoms. The summed E-state index contributed by atoms with van der Waals surface area (Å²) in [7, 11) is 1.33. The zero-order valence-electron chi connectivity index (χ0n) is 11.3. The van der Waals surface area contributed by atoms with Gasteiger partial charge in [0, 0.05) is 12.1 Å². The predicted octanol–water partition coefficient (Wildman–Crippen LogP) is 1.79. The van der Waals surface area contributed by atoms with Gasteiger partial charge in [-0.05, 0) is 30.5 Å². The lowest BCUT2D eigenvalue weighted by Gasteiger charge is -2.04. The highest BCUT2D eigenvalue weighted by atomic mass is 16.6. The van der Waals surface area contributed by atoms with Crippen molar-refractivity contribution in [3.8, 4) is 11.8 Å². The quantitative estimate of drug-likeness (QED) is 0.384. The SMILES string of the molecule is COc1ccc(/C=C(\C#N)C(=O)NC2CC2)cc1[N+](=O)[O-]. The zero-order chi connectivity index (χ0) is 15.4. The maximum Gasteiger partial charge on any atom is 0.311 e. The molecule has 7 heteroatoms. The van der Waals surface area contributed by atoms with Crippen molar-refractivity contribution in [2.45, 2.75) is 18.9 Å². The standard InChI is InChI=1S/C14H13N3O4/c1-21-13-5-2-9(7-12(13)17(19)20)6-10(8-15)14(18)16-11-3-4-11/h2,5-7,11H,3-4H2,1H3,(H,16,18)/b10-6+. The number of nitrogens with one attached hydrogen (secondary N) is 1. The van der Waals surface area contributed by atoms with Crippen molar-refractivity contribution >= 4 is 17.7 Å². The van der Waals surface area contributed by atoms with Gasteiger partial charge in [-0.1, -0.05) is 6.07 Å². The molecule has 1 amide bonds. The minimum absolute atomic E-state index is 0.0821. The van der Waals surface area contributed by atoms with Crippen molar-refractivity contribution in [3.63, 3.8) is 0 Å². The van der Waals surface area contributed by atoms with E-state index in [1.807, 2.05) is 6.07 Å². The van der Waals surface area contributed by atoms with Crippen LogP contribution in [-0.4, -0.2) is 24.0 Å². The Balaban J connectivity index is 2.29. The number of rotatable bonds is 5. The fourth-order valence-electron chi connectivity index (χ4n) is 1.75. The van der Waals surface area contributed by atoms with E-state index in [-0.39, 0.29) is 23.1 Å². The maximum atomic E-state index is 11.8. The number of amides is 1. The van der Waals surface area contributed by atoms with E-state index in [0.717, 1.165) is 12.8 Å². The van der Waals surface area contributed by atoms with E-state index in [2.05, 4.69) is 5.32 Å². The first-order valence-electron chi connectivity index (χ1n) is 6.30. The van der Waals surface area contributed by atoms with E-state index in [4.69, 9.17) is 10.00 Å². The highest BCUT2D eigenvalue weighted by molar-refractivity contribution is 6.02. The second-order valence-electron chi connectivity index (χ2n) is 4.61. The number of carbonyl (C=O) groups is 1. The van der Waals surface area contributed by atoms with Gasteiger partial charge in [0.1, 0.15) is 11.6 Å². The van der Waals surface area contributed by atoms with Crippen molar-refractivity contribution in [1.29, 1.82) is 5.26 Å². The Bertz CT molecular complexity index is 657. The third kappa shape index (κ3) is 3.57. The van der Waals surface area contributed by atoms with E-state index in [1.54, 1.807) is 6.07 Å². The average Bonchev–Trinajstić information content (AvgIpc) is 3.28. The number of nitro groups is 1. The molecule has 21 heavy (non-hydrogen) atoms. The van der Waals surface area contributed by atoms with E-state index in [1.165, 1.54) is 25.3 Å². The van der Waals surface area contributed by atoms with Crippen LogP contribution in [-0.2, 0) is 4.79 Å². The zero-order valence-corrected chi connectivity index (χ0v) is 11.3. The summed E-state index contributed by atoms with van der Waals surface area (Å²) in [6, 6.07) is 6.19. The van der Waals surface area contributed by atoms with Crippen molar-refractivity contribution in [3.05, 3.63) is 39.4 Å². The van der Waals surface area contributed by atoms with Gasteiger partial charge in [-0.2, -0.15) is 5.26 Å². The number of methoxy groups -OCH3 is 1. The molecule has 1 saturated carbocycles. The van der Waals surface area contributed by atoms with Gasteiger partial charge in [-0.15, -0.1) is 0 Å². The summed E-state index contributed by atoms with van der Waals surface area (Å²) in [5.41, 5.74) is 0.0949. The van der Waals surface area contributed by atoms with Gasteiger partial charge in [-0.3, -0.25) is 14.9 Å². The van der Waals surface area contributed by atoms with E-state index < -0.39 is 10.8 Å². The second kappa shape index (κ2) is 6.05. The number of ether oxygens (including phenoxy) is 1. The molecule has 0 bridgehead atoms. The summed E-state index contributed by atoms with van der Waals surface area (Å²) in [4.78, 5) is 22.2. The molecule has 1 aliphatic rings. The molecule has 1 aliphatic carbocycles. The number of nitrogens with zero attached hydrogens (tertiary/aromatic N) is 2. The van der Waals surface area contributed by atoms with Crippen LogP contribution in [0.3, 0.4) is 0 Å². The monoisotopic (exact) mass is 287 g/mol. The van der Waals surface area contributed by atoms with Crippen molar-refractivity contribution in [2.75, 3.05) is 7.11 Å². The van der Waals surface area contributed by atoms with Crippen molar-refractivity contribution < 1.29 is 14.5 Å². The summed E-state index contributed by atoms with van der Waals surface area (Å²) in [6.07, 6.45) is 3.15. The van der Waals surface area contributed by atoms with Crippen molar-refractivity contribution in [2.24, 2.45) is 0 Å². The number of nitriles is 1. The number of nitro benzene ring substituents is 1. The molecule has 1 aromatic carbocycles. The summed E-state index contributed by atoms with van der Waals surface area (Å²) >= 11 is 0. The molecule has 0 atom stereocenters. The first-order valence-corrected chi connectivity index (χ1v) is 6.30. The third-order valence-corrected chi connectivity index (χ3v) is 2.99. The van der Waals surface area contributed by atoms with E-state index in [9.17, 15) is 14.9 Å². The smallest absolute Gasteiger partial charge is 0.311 e. The molecule has 1 aromatic rings. The predicted molar refractivity (Wildman–Crippen MR) is 74.4 cm³/mol. The molecule has 108 valence electrons. The number of benzene rings is 1. The summed E-state index contributed by atoms with van der Waals surface area (Å²) in [6.45, 7) is 0. The maximum absolute atomic E-state index is 11.8. The normalized spacial score (nSPS) is 14.2. The number of hydrogen-bond acceptors (Lipinski definition) is 5. The summed E-state index contributed by atoms with van der Waals surface area (Å²) in [5, 5.41) is 22.7. The van der Waals surface area contributed by atoms with Gasteiger partial charge in [0.25, 0.3) is 5.91 Å². The summed E-state index contributed by atoms with van der Waals surface area (Å²) in [5.74, 6) is -0.337. The van der Waals surface area contributed by atoms with Gasteiger partial charge >= 0.3 is 5.69 Å². The molecule has 0 heterocycles. The van der Waals surface area contributed by atoms with Gasteiger partial charge in [0.2, 0.25) is 0 Å². The molecule has 0 aliphatic heterocycles. The van der Waals surface area contributed by atoms with E-state index in [0.29, 0.717) is 5.56 Å². The Labute approximate surface area is 121 Å². The summed E-state index contributed by atoms with van der Waals surface area (Å²) < 4.78 is 4.89. The molecular formula is C14H13N3O4. The van der Waals surface area contributed by atoms with Crippen LogP contribution in [0, 0.1) is 21.4 Å². The van der Waals surface area contributed by atoms with Crippen LogP contribution in [0.25, 0.3) is 6.08 Å². The average molecular weight is 287 g/mol. The van der Waals surface area contributed by atoms with E-state index >= 15 is 0 Å². The lowest BCUT2D eigenvalue weighted by atomic mass is 10.1. The largest absolute Gasteiger partial charge is 0.490 e. The Morgan fingerprint density at radius 1 is 1.57 bits per heavy atom. The Kier molecular flexibility index (Phi) is 4.18. The van der Waals surface area contributed by atoms with Crippen LogP contribution in [0.1, 0.15) is 18.4 Å². The highest BCUT2D eigenvalue weighted by Gasteiger charge is 2.25. The van der Waals surface area contributed by atoms with Gasteiger partial charge in [0.15, 0.2) is 5.75 Å². The number of hydrogen-bond donors (Lipinski definition) is 1. The molecule has 0 saturated heterocycles. The molecule has 1 N–H and O–H groups in total. The molecule has 0 aromatic heterocycles. The van der Waals surface area contributed by atoms with Crippen molar-refractivity contribution in [1.82, 2.24) is 5.32 Å². The van der Waals surface area contributed by atoms with Crippen LogP contribution in [0.15, 0.2) is 23.8 Å². The van der Waals surface area contributed by atoms with Crippen LogP contribution in [0.4, 0.5) is 5.69 Å². The Morgan fingerprint density at radius 2 is 2.29 bits per heavy atom. The van der Waals surface area contributed by atoms with Gasteiger partial charge in [-0.25, -0.2) is 0 Å². The lowest BCUT2D eigenvalue weighted by molar-refractivity contribution is -0.385. The topological polar surface area (TPSA) is 105 Å². The fourth-order valence-corrected chi connectivity index (χ4v) is 1.75. The Hall–Kier alpha value is -2.88. The van der Waals surface area contributed by atoms with Crippen LogP contribution in [0.2, 0.25) is 0 Å². The molecule has 7 nitrogen and oxygen atoms in total. The highest BCUT2D eigenvalue weighted by Crippen LogP contribution is 2.28. The Morgan fingerprint density at radius 3 is 2.81 bits per heavy atom. The van der Waals surface area contributed by atoms with Crippen LogP contribution in [0.5, 0.6) is 5.75 Å². The minimum Gasteiger partial charge on any atom is -0.490 e. The molecule has 0 unspecified atom stereocenters. The van der Waals surface area contributed by atoms with Crippen LogP contribution < -0.4 is 10.1 Å². The number of carbonyl (C=O) groups excluding carboxylic acids is 1. The molecular weight excluding hydrogens is 274 g/mol.